The van der Waals surface area contributed by atoms with Crippen LogP contribution in [0.25, 0.3) is 0 Å². The topological polar surface area (TPSA) is 104 Å². The van der Waals surface area contributed by atoms with Gasteiger partial charge in [0.2, 0.25) is 5.95 Å². The molecule has 6 heteroatoms. The minimum Gasteiger partial charge on any atom is -0.421 e. The summed E-state index contributed by atoms with van der Waals surface area (Å²) in [7, 11) is 0. The number of esters is 1. The van der Waals surface area contributed by atoms with E-state index in [0.29, 0.717) is 6.42 Å². The number of nitrogen functional groups attached to an aromatic ring is 2. The van der Waals surface area contributed by atoms with Gasteiger partial charge in [0.1, 0.15) is 0 Å². The van der Waals surface area contributed by atoms with E-state index in [1.54, 1.807) is 0 Å². The van der Waals surface area contributed by atoms with Gasteiger partial charge >= 0.3 is 5.97 Å². The van der Waals surface area contributed by atoms with Crippen molar-refractivity contribution < 1.29 is 9.53 Å². The zero-order valence-electron chi connectivity index (χ0n) is 8.56. The first kappa shape index (κ1) is 11.2. The molecule has 0 aliphatic heterocycles. The lowest BCUT2D eigenvalue weighted by atomic mass is 10.2. The molecule has 0 saturated heterocycles. The Bertz CT molecular complexity index is 354. The Balaban J connectivity index is 2.60. The third-order valence-corrected chi connectivity index (χ3v) is 1.76. The van der Waals surface area contributed by atoms with E-state index < -0.39 is 0 Å². The smallest absolute Gasteiger partial charge is 0.311 e. The Morgan fingerprint density at radius 3 is 2.87 bits per heavy atom. The molecule has 0 spiro atoms. The molecule has 0 radical (unpaired) electrons. The third kappa shape index (κ3) is 3.41. The van der Waals surface area contributed by atoms with Gasteiger partial charge < -0.3 is 16.2 Å². The molecule has 1 rings (SSSR count). The molecule has 0 fully saturated rings. The maximum atomic E-state index is 11.2. The van der Waals surface area contributed by atoms with Crippen LogP contribution in [0.3, 0.4) is 0 Å². The zero-order valence-corrected chi connectivity index (χ0v) is 8.56. The lowest BCUT2D eigenvalue weighted by molar-refractivity contribution is -0.134. The van der Waals surface area contributed by atoms with Crippen LogP contribution in [0.15, 0.2) is 6.20 Å². The third-order valence-electron chi connectivity index (χ3n) is 1.76. The van der Waals surface area contributed by atoms with E-state index in [-0.39, 0.29) is 23.5 Å². The first-order chi connectivity index (χ1) is 7.13. The fourth-order valence-corrected chi connectivity index (χ4v) is 0.972. The van der Waals surface area contributed by atoms with Gasteiger partial charge in [0, 0.05) is 6.42 Å². The summed E-state index contributed by atoms with van der Waals surface area (Å²) >= 11 is 0. The molecule has 15 heavy (non-hydrogen) atoms. The molecule has 0 amide bonds. The highest BCUT2D eigenvalue weighted by atomic mass is 16.5. The minimum absolute atomic E-state index is 0.0563. The van der Waals surface area contributed by atoms with Gasteiger partial charge in [0.05, 0.1) is 6.20 Å². The van der Waals surface area contributed by atoms with Crippen LogP contribution in [0.5, 0.6) is 5.75 Å². The second-order valence-corrected chi connectivity index (χ2v) is 3.06. The highest BCUT2D eigenvalue weighted by Gasteiger charge is 2.08. The van der Waals surface area contributed by atoms with Gasteiger partial charge in [-0.15, -0.1) is 0 Å². The summed E-state index contributed by atoms with van der Waals surface area (Å²) in [4.78, 5) is 18.6. The van der Waals surface area contributed by atoms with Crippen LogP contribution in [0.2, 0.25) is 0 Å². The largest absolute Gasteiger partial charge is 0.421 e. The maximum absolute atomic E-state index is 11.2. The van der Waals surface area contributed by atoms with Gasteiger partial charge in [0.25, 0.3) is 0 Å². The average Bonchev–Trinajstić information content (AvgIpc) is 2.19. The molecule has 1 heterocycles. The lowest BCUT2D eigenvalue weighted by Gasteiger charge is -2.05. The van der Waals surface area contributed by atoms with Crippen LogP contribution in [0.1, 0.15) is 26.2 Å². The average molecular weight is 210 g/mol. The first-order valence-corrected chi connectivity index (χ1v) is 4.72. The van der Waals surface area contributed by atoms with E-state index in [9.17, 15) is 4.79 Å². The number of unbranched alkanes of at least 4 members (excludes halogenated alkanes) is 1. The van der Waals surface area contributed by atoms with Gasteiger partial charge in [-0.25, -0.2) is 4.98 Å². The predicted octanol–water partition coefficient (Wildman–Crippen LogP) is 0.737. The molecule has 1 aromatic rings. The van der Waals surface area contributed by atoms with Crippen LogP contribution < -0.4 is 16.2 Å². The van der Waals surface area contributed by atoms with Crippen LogP contribution in [-0.2, 0) is 4.79 Å². The molecule has 4 N–H and O–H groups in total. The maximum Gasteiger partial charge on any atom is 0.311 e. The second-order valence-electron chi connectivity index (χ2n) is 3.06. The van der Waals surface area contributed by atoms with E-state index in [2.05, 4.69) is 9.97 Å². The van der Waals surface area contributed by atoms with Crippen molar-refractivity contribution in [2.75, 3.05) is 11.5 Å². The monoisotopic (exact) mass is 210 g/mol. The van der Waals surface area contributed by atoms with Gasteiger partial charge in [-0.2, -0.15) is 4.98 Å². The number of carbonyl (C=O) groups is 1. The molecule has 6 nitrogen and oxygen atoms in total. The molecule has 0 saturated carbocycles. The summed E-state index contributed by atoms with van der Waals surface area (Å²) in [5.74, 6) is -0.0459. The molecule has 0 aliphatic rings. The second kappa shape index (κ2) is 5.14. The standard InChI is InChI=1S/C9H14N4O2/c1-2-3-4-7(14)15-6-5-12-9(11)13-8(6)10/h5H,2-4H2,1H3,(H4,10,11,12,13). The number of aromatic nitrogens is 2. The minimum atomic E-state index is -0.336. The summed E-state index contributed by atoms with van der Waals surface area (Å²) in [6, 6.07) is 0. The molecule has 0 unspecified atom stereocenters. The number of nitrogens with zero attached hydrogens (tertiary/aromatic N) is 2. The molecule has 0 atom stereocenters. The highest BCUT2D eigenvalue weighted by Crippen LogP contribution is 2.18. The molecule has 0 aromatic carbocycles. The van der Waals surface area contributed by atoms with Crippen molar-refractivity contribution in [2.45, 2.75) is 26.2 Å². The Morgan fingerprint density at radius 2 is 2.27 bits per heavy atom. The molecule has 1 aromatic heterocycles. The number of rotatable bonds is 4. The Labute approximate surface area is 87.7 Å². The fraction of sp³-hybridized carbons (Fsp3) is 0.444. The Morgan fingerprint density at radius 1 is 1.53 bits per heavy atom. The number of anilines is 2. The number of nitrogens with two attached hydrogens (primary N) is 2. The number of ether oxygens (including phenoxy) is 1. The van der Waals surface area contributed by atoms with Crippen molar-refractivity contribution in [3.8, 4) is 5.75 Å². The summed E-state index contributed by atoms with van der Waals surface area (Å²) in [5, 5.41) is 0. The van der Waals surface area contributed by atoms with Crippen molar-refractivity contribution in [1.82, 2.24) is 9.97 Å². The van der Waals surface area contributed by atoms with Crippen LogP contribution in [0, 0.1) is 0 Å². The molecular weight excluding hydrogens is 196 g/mol. The quantitative estimate of drug-likeness (QED) is 0.710. The molecule has 0 aliphatic carbocycles. The van der Waals surface area contributed by atoms with Crippen molar-refractivity contribution in [1.29, 1.82) is 0 Å². The first-order valence-electron chi connectivity index (χ1n) is 4.72. The van der Waals surface area contributed by atoms with Gasteiger partial charge in [-0.05, 0) is 6.42 Å². The molecule has 0 bridgehead atoms. The van der Waals surface area contributed by atoms with Crippen LogP contribution >= 0.6 is 0 Å². The summed E-state index contributed by atoms with van der Waals surface area (Å²) in [6.07, 6.45) is 3.37. The van der Waals surface area contributed by atoms with E-state index >= 15 is 0 Å². The number of carbonyl (C=O) groups excluding carboxylic acids is 1. The van der Waals surface area contributed by atoms with Crippen LogP contribution in [0.4, 0.5) is 11.8 Å². The van der Waals surface area contributed by atoms with Crippen molar-refractivity contribution in [2.24, 2.45) is 0 Å². The highest BCUT2D eigenvalue weighted by molar-refractivity contribution is 5.73. The summed E-state index contributed by atoms with van der Waals surface area (Å²) in [5.41, 5.74) is 10.8. The molecular formula is C9H14N4O2. The number of hydrogen-bond acceptors (Lipinski definition) is 6. The normalized spacial score (nSPS) is 9.93. The van der Waals surface area contributed by atoms with Gasteiger partial charge in [-0.3, -0.25) is 4.79 Å². The van der Waals surface area contributed by atoms with Gasteiger partial charge in [0.15, 0.2) is 11.6 Å². The van der Waals surface area contributed by atoms with Crippen molar-refractivity contribution >= 4 is 17.7 Å². The van der Waals surface area contributed by atoms with Crippen molar-refractivity contribution in [3.63, 3.8) is 0 Å². The zero-order chi connectivity index (χ0) is 11.3. The predicted molar refractivity (Wildman–Crippen MR) is 56.0 cm³/mol. The summed E-state index contributed by atoms with van der Waals surface area (Å²) in [6.45, 7) is 1.99. The molecule has 82 valence electrons. The van der Waals surface area contributed by atoms with Crippen LogP contribution in [-0.4, -0.2) is 15.9 Å². The Kier molecular flexibility index (Phi) is 3.84. The summed E-state index contributed by atoms with van der Waals surface area (Å²) < 4.78 is 4.96. The van der Waals surface area contributed by atoms with Crippen molar-refractivity contribution in [3.05, 3.63) is 6.20 Å². The van der Waals surface area contributed by atoms with E-state index in [1.807, 2.05) is 6.92 Å². The Hall–Kier alpha value is -1.85. The fourth-order valence-electron chi connectivity index (χ4n) is 0.972. The van der Waals surface area contributed by atoms with E-state index in [0.717, 1.165) is 12.8 Å². The van der Waals surface area contributed by atoms with E-state index in [4.69, 9.17) is 16.2 Å². The SMILES string of the molecule is CCCCC(=O)Oc1cnc(N)nc1N. The van der Waals surface area contributed by atoms with Gasteiger partial charge in [-0.1, -0.05) is 13.3 Å². The number of hydrogen-bond donors (Lipinski definition) is 2. The van der Waals surface area contributed by atoms with E-state index in [1.165, 1.54) is 6.20 Å². The lowest BCUT2D eigenvalue weighted by Crippen LogP contribution is -2.10.